The Labute approximate surface area is 275 Å². The summed E-state index contributed by atoms with van der Waals surface area (Å²) in [6, 6.07) is 20.3. The van der Waals surface area contributed by atoms with Gasteiger partial charge >= 0.3 is 0 Å². The molecule has 7 rings (SSSR count). The van der Waals surface area contributed by atoms with Crippen LogP contribution in [0.4, 0.5) is 11.4 Å². The number of hydrogen-bond donors (Lipinski definition) is 0. The fraction of sp³-hybridized carbons (Fsp3) is 0.343. The molecule has 2 fully saturated rings. The van der Waals surface area contributed by atoms with E-state index in [0.29, 0.717) is 46.9 Å². The fourth-order valence-electron chi connectivity index (χ4n) is 7.48. The summed E-state index contributed by atoms with van der Waals surface area (Å²) in [7, 11) is -1.02. The van der Waals surface area contributed by atoms with Gasteiger partial charge in [-0.25, -0.2) is 4.98 Å². The molecule has 0 bridgehead atoms. The van der Waals surface area contributed by atoms with E-state index in [2.05, 4.69) is 25.8 Å². The summed E-state index contributed by atoms with van der Waals surface area (Å²) in [6.45, 7) is 5.61. The van der Waals surface area contributed by atoms with Gasteiger partial charge < -0.3 is 19.1 Å². The van der Waals surface area contributed by atoms with Crippen LogP contribution in [0.25, 0.3) is 0 Å². The molecular weight excluding hydrogens is 616 g/mol. The first-order valence-electron chi connectivity index (χ1n) is 15.6. The molecule has 0 saturated carbocycles. The summed E-state index contributed by atoms with van der Waals surface area (Å²) < 4.78 is 47.6. The second-order valence-electron chi connectivity index (χ2n) is 12.1. The molecule has 47 heavy (non-hydrogen) atoms. The molecule has 3 aliphatic heterocycles. The Balaban J connectivity index is 1.39. The molecule has 2 aromatic heterocycles. The number of fused-ring (bicyclic) bond motifs is 2. The van der Waals surface area contributed by atoms with Crippen LogP contribution in [-0.4, -0.2) is 76.8 Å². The number of likely N-dealkylation sites (tertiary alicyclic amines) is 1. The summed E-state index contributed by atoms with van der Waals surface area (Å²) in [4.78, 5) is 13.3. The third kappa shape index (κ3) is 5.10. The Bertz CT molecular complexity index is 1920. The van der Waals surface area contributed by atoms with Crippen molar-refractivity contribution in [2.24, 2.45) is 11.8 Å². The van der Waals surface area contributed by atoms with Crippen LogP contribution in [-0.2, 0) is 15.6 Å². The molecule has 2 aromatic carbocycles. The van der Waals surface area contributed by atoms with E-state index < -0.39 is 15.6 Å². The molecule has 11 nitrogen and oxygen atoms in total. The number of aromatic nitrogens is 2. The Hall–Kier alpha value is -4.86. The molecule has 0 radical (unpaired) electrons. The zero-order valence-corrected chi connectivity index (χ0v) is 27.4. The highest BCUT2D eigenvalue weighted by Gasteiger charge is 2.57. The van der Waals surface area contributed by atoms with Gasteiger partial charge in [0.2, 0.25) is 0 Å². The predicted octanol–water partition coefficient (Wildman–Crippen LogP) is 4.28. The van der Waals surface area contributed by atoms with Crippen molar-refractivity contribution in [1.82, 2.24) is 14.9 Å². The summed E-state index contributed by atoms with van der Waals surface area (Å²) in [5.41, 5.74) is 2.62. The third-order valence-electron chi connectivity index (χ3n) is 9.70. The number of rotatable bonds is 9. The first-order valence-corrected chi connectivity index (χ1v) is 17.0. The highest BCUT2D eigenvalue weighted by Crippen LogP contribution is 2.54. The molecule has 3 aliphatic rings. The highest BCUT2D eigenvalue weighted by atomic mass is 32.2. The maximum Gasteiger partial charge on any atom is 0.281 e. The SMILES string of the molecule is CCOc1ccc(OC)cc1C1(N2CC3CN(c4ccncc4)CC3C2)CN(S(=O)(=O)c2ccc(OC)cn2)c2ccc(C#N)cc21. The average Bonchev–Trinajstić information content (AvgIpc) is 3.80. The van der Waals surface area contributed by atoms with E-state index in [1.807, 2.05) is 55.7 Å². The van der Waals surface area contributed by atoms with Gasteiger partial charge in [-0.1, -0.05) is 0 Å². The maximum atomic E-state index is 14.5. The van der Waals surface area contributed by atoms with Crippen molar-refractivity contribution in [3.63, 3.8) is 0 Å². The van der Waals surface area contributed by atoms with E-state index in [1.54, 1.807) is 25.3 Å². The number of nitrogens with zero attached hydrogens (tertiary/aromatic N) is 6. The third-order valence-corrected chi connectivity index (χ3v) is 11.4. The van der Waals surface area contributed by atoms with Crippen LogP contribution in [0.15, 0.2) is 84.3 Å². The second kappa shape index (κ2) is 12.1. The molecule has 3 atom stereocenters. The Kier molecular flexibility index (Phi) is 7.90. The van der Waals surface area contributed by atoms with Crippen LogP contribution >= 0.6 is 0 Å². The molecule has 12 heteroatoms. The molecule has 0 N–H and O–H groups in total. The number of ether oxygens (including phenoxy) is 3. The van der Waals surface area contributed by atoms with Gasteiger partial charge in [0.05, 0.1) is 56.4 Å². The van der Waals surface area contributed by atoms with E-state index in [4.69, 9.17) is 14.2 Å². The van der Waals surface area contributed by atoms with Gasteiger partial charge in [-0.2, -0.15) is 13.7 Å². The lowest BCUT2D eigenvalue weighted by Gasteiger charge is -2.41. The van der Waals surface area contributed by atoms with E-state index in [1.165, 1.54) is 23.7 Å². The molecule has 5 heterocycles. The summed E-state index contributed by atoms with van der Waals surface area (Å²) in [5.74, 6) is 2.41. The number of nitriles is 1. The minimum atomic E-state index is -4.14. The molecule has 3 unspecified atom stereocenters. The van der Waals surface area contributed by atoms with E-state index in [9.17, 15) is 13.7 Å². The summed E-state index contributed by atoms with van der Waals surface area (Å²) in [5, 5.41) is 9.95. The van der Waals surface area contributed by atoms with Crippen molar-refractivity contribution in [2.75, 3.05) is 62.8 Å². The Morgan fingerprint density at radius 2 is 1.64 bits per heavy atom. The maximum absolute atomic E-state index is 14.5. The normalized spacial score (nSPS) is 22.1. The smallest absolute Gasteiger partial charge is 0.281 e. The molecule has 4 aromatic rings. The topological polar surface area (TPSA) is 121 Å². The molecule has 0 amide bonds. The number of benzene rings is 2. The van der Waals surface area contributed by atoms with E-state index >= 15 is 0 Å². The first-order chi connectivity index (χ1) is 22.8. The summed E-state index contributed by atoms with van der Waals surface area (Å²) >= 11 is 0. The minimum Gasteiger partial charge on any atom is -0.497 e. The van der Waals surface area contributed by atoms with Crippen LogP contribution in [0, 0.1) is 23.2 Å². The van der Waals surface area contributed by atoms with Crippen molar-refractivity contribution in [2.45, 2.75) is 17.5 Å². The lowest BCUT2D eigenvalue weighted by atomic mass is 9.81. The quantitative estimate of drug-likeness (QED) is 0.259. The zero-order chi connectivity index (χ0) is 32.8. The van der Waals surface area contributed by atoms with Crippen LogP contribution in [0.2, 0.25) is 0 Å². The highest BCUT2D eigenvalue weighted by molar-refractivity contribution is 7.92. The first kappa shape index (κ1) is 30.8. The van der Waals surface area contributed by atoms with Gasteiger partial charge in [-0.3, -0.25) is 14.2 Å². The lowest BCUT2D eigenvalue weighted by molar-refractivity contribution is 0.157. The van der Waals surface area contributed by atoms with Crippen molar-refractivity contribution >= 4 is 21.4 Å². The van der Waals surface area contributed by atoms with Gasteiger partial charge in [-0.15, -0.1) is 0 Å². The number of pyridine rings is 2. The molecular formula is C35H36N6O5S. The zero-order valence-electron chi connectivity index (χ0n) is 26.5. The van der Waals surface area contributed by atoms with Crippen molar-refractivity contribution in [1.29, 1.82) is 5.26 Å². The number of anilines is 2. The van der Waals surface area contributed by atoms with Crippen LogP contribution in [0.5, 0.6) is 17.2 Å². The number of hydrogen-bond acceptors (Lipinski definition) is 10. The van der Waals surface area contributed by atoms with E-state index in [0.717, 1.165) is 43.0 Å². The van der Waals surface area contributed by atoms with Crippen LogP contribution < -0.4 is 23.4 Å². The van der Waals surface area contributed by atoms with Gasteiger partial charge in [-0.05, 0) is 79.4 Å². The van der Waals surface area contributed by atoms with Crippen molar-refractivity contribution in [3.05, 3.63) is 95.9 Å². The predicted molar refractivity (Wildman–Crippen MR) is 176 cm³/mol. The van der Waals surface area contributed by atoms with Gasteiger partial charge in [0, 0.05) is 55.4 Å². The Morgan fingerprint density at radius 1 is 0.915 bits per heavy atom. The second-order valence-corrected chi connectivity index (χ2v) is 13.9. The fourth-order valence-corrected chi connectivity index (χ4v) is 8.91. The van der Waals surface area contributed by atoms with Crippen molar-refractivity contribution < 1.29 is 22.6 Å². The molecule has 242 valence electrons. The standard InChI is InChI=1S/C35H36N6O5S/c1-4-46-33-9-6-28(44-2)16-31(33)35(40-21-25-19-39(20-26(25)22-40)27-11-13-37-14-12-27)23-41(32-8-5-24(17-36)15-30(32)35)47(42,43)34-10-7-29(45-3)18-38-34/h5-16,18,25-26H,4,19-23H2,1-3H3. The van der Waals surface area contributed by atoms with Gasteiger partial charge in [0.15, 0.2) is 5.03 Å². The largest absolute Gasteiger partial charge is 0.497 e. The average molecular weight is 653 g/mol. The minimum absolute atomic E-state index is 0.0635. The lowest BCUT2D eigenvalue weighted by Crippen LogP contribution is -2.51. The number of sulfonamides is 1. The molecule has 0 spiro atoms. The van der Waals surface area contributed by atoms with Gasteiger partial charge in [0.1, 0.15) is 17.2 Å². The molecule has 2 saturated heterocycles. The summed E-state index contributed by atoms with van der Waals surface area (Å²) in [6.07, 6.45) is 5.04. The van der Waals surface area contributed by atoms with Crippen LogP contribution in [0.3, 0.4) is 0 Å². The van der Waals surface area contributed by atoms with E-state index in [-0.39, 0.29) is 11.6 Å². The van der Waals surface area contributed by atoms with Crippen molar-refractivity contribution in [3.8, 4) is 23.3 Å². The van der Waals surface area contributed by atoms with Gasteiger partial charge in [0.25, 0.3) is 10.0 Å². The van der Waals surface area contributed by atoms with Crippen LogP contribution in [0.1, 0.15) is 23.6 Å². The monoisotopic (exact) mass is 652 g/mol. The molecule has 0 aliphatic carbocycles. The number of methoxy groups -OCH3 is 2. The Morgan fingerprint density at radius 3 is 2.28 bits per heavy atom.